The Morgan fingerprint density at radius 1 is 1.26 bits per heavy atom. The number of hydrogen-bond acceptors (Lipinski definition) is 5. The Balaban J connectivity index is 2.58. The highest BCUT2D eigenvalue weighted by Gasteiger charge is 2.55. The molecule has 0 spiro atoms. The highest BCUT2D eigenvalue weighted by Crippen LogP contribution is 2.46. The van der Waals surface area contributed by atoms with E-state index in [9.17, 15) is 14.9 Å². The van der Waals surface area contributed by atoms with Gasteiger partial charge in [0.15, 0.2) is 0 Å². The number of primary amides is 1. The highest BCUT2D eigenvalue weighted by atomic mass is 19.2. The average Bonchev–Trinajstić information content (AvgIpc) is 2.57. The first-order valence-corrected chi connectivity index (χ1v) is 8.00. The Kier molecular flexibility index (Phi) is 5.37. The molecule has 2 atom stereocenters. The largest absolute Gasteiger partial charge is 0.443 e. The number of ether oxygens (including phenoxy) is 2. The number of carbonyl (C=O) groups is 1. The number of nitrogens with zero attached hydrogens (tertiary/aromatic N) is 1. The van der Waals surface area contributed by atoms with Gasteiger partial charge < -0.3 is 15.2 Å². The fourth-order valence-electron chi connectivity index (χ4n) is 2.96. The van der Waals surface area contributed by atoms with E-state index in [2.05, 4.69) is 0 Å². The van der Waals surface area contributed by atoms with Crippen LogP contribution in [0.25, 0.3) is 5.57 Å². The Bertz CT molecular complexity index is 809. The fraction of sp³-hybridized carbons (Fsp3) is 0.389. The molecule has 0 bridgehead atoms. The van der Waals surface area contributed by atoms with Gasteiger partial charge in [0.1, 0.15) is 5.60 Å². The number of rotatable bonds is 6. The van der Waals surface area contributed by atoms with Crippen molar-refractivity contribution in [2.45, 2.75) is 37.5 Å². The van der Waals surface area contributed by atoms with Gasteiger partial charge in [-0.1, -0.05) is 30.3 Å². The zero-order valence-corrected chi connectivity index (χ0v) is 15.1. The van der Waals surface area contributed by atoms with E-state index < -0.39 is 40.3 Å². The molecular formula is C18H20F2N2O5. The van der Waals surface area contributed by atoms with E-state index in [1.165, 1.54) is 26.0 Å². The van der Waals surface area contributed by atoms with Gasteiger partial charge >= 0.3 is 11.9 Å². The van der Waals surface area contributed by atoms with Crippen LogP contribution in [0.4, 0.5) is 13.6 Å². The molecule has 0 aromatic heterocycles. The monoisotopic (exact) mass is 382 g/mol. The van der Waals surface area contributed by atoms with Crippen molar-refractivity contribution in [3.63, 3.8) is 0 Å². The Labute approximate surface area is 154 Å². The van der Waals surface area contributed by atoms with E-state index in [0.717, 1.165) is 7.11 Å². The molecule has 2 rings (SSSR count). The standard InChI is InChI=1S/C18H20F2N2O5/c1-16(2,27-15(21)23)9-13-10-18(20,26-3)14(11-17(13,19)22(24)25)12-7-5-4-6-8-12/h4-8,10-11H,9H2,1-3H3,(H2,21,23). The third kappa shape index (κ3) is 4.13. The fourth-order valence-corrected chi connectivity index (χ4v) is 2.96. The summed E-state index contributed by atoms with van der Waals surface area (Å²) in [5, 5.41) is 11.5. The lowest BCUT2D eigenvalue weighted by Crippen LogP contribution is -2.44. The molecular weight excluding hydrogens is 362 g/mol. The topological polar surface area (TPSA) is 105 Å². The third-order valence-electron chi connectivity index (χ3n) is 4.15. The van der Waals surface area contributed by atoms with Gasteiger partial charge in [-0.05, 0) is 25.5 Å². The van der Waals surface area contributed by atoms with Crippen LogP contribution in [0.1, 0.15) is 25.8 Å². The molecule has 1 aliphatic carbocycles. The number of halogens is 2. The lowest BCUT2D eigenvalue weighted by molar-refractivity contribution is -0.578. The molecule has 1 amide bonds. The summed E-state index contributed by atoms with van der Waals surface area (Å²) in [6.45, 7) is 2.75. The van der Waals surface area contributed by atoms with Crippen molar-refractivity contribution in [2.24, 2.45) is 5.73 Å². The zero-order chi connectivity index (χ0) is 20.5. The molecule has 9 heteroatoms. The van der Waals surface area contributed by atoms with Crippen molar-refractivity contribution in [3.05, 3.63) is 63.7 Å². The predicted molar refractivity (Wildman–Crippen MR) is 93.5 cm³/mol. The van der Waals surface area contributed by atoms with Crippen molar-refractivity contribution in [1.82, 2.24) is 0 Å². The van der Waals surface area contributed by atoms with Gasteiger partial charge in [0.25, 0.3) is 5.85 Å². The molecule has 0 aliphatic heterocycles. The molecule has 27 heavy (non-hydrogen) atoms. The molecule has 1 aromatic carbocycles. The van der Waals surface area contributed by atoms with Crippen molar-refractivity contribution in [3.8, 4) is 0 Å². The first kappa shape index (κ1) is 20.5. The van der Waals surface area contributed by atoms with Crippen molar-refractivity contribution >= 4 is 11.7 Å². The second-order valence-corrected chi connectivity index (χ2v) is 6.73. The lowest BCUT2D eigenvalue weighted by atomic mass is 9.82. The zero-order valence-electron chi connectivity index (χ0n) is 15.1. The van der Waals surface area contributed by atoms with Gasteiger partial charge in [0, 0.05) is 25.2 Å². The average molecular weight is 382 g/mol. The Morgan fingerprint density at radius 3 is 2.33 bits per heavy atom. The summed E-state index contributed by atoms with van der Waals surface area (Å²) in [6, 6.07) is 7.81. The molecule has 0 radical (unpaired) electrons. The summed E-state index contributed by atoms with van der Waals surface area (Å²) < 4.78 is 40.6. The molecule has 146 valence electrons. The van der Waals surface area contributed by atoms with E-state index in [1.54, 1.807) is 18.2 Å². The summed E-state index contributed by atoms with van der Waals surface area (Å²) in [5.74, 6) is -5.82. The number of benzene rings is 1. The van der Waals surface area contributed by atoms with Crippen LogP contribution in [-0.2, 0) is 9.47 Å². The minimum atomic E-state index is -3.21. The molecule has 1 aliphatic rings. The van der Waals surface area contributed by atoms with Crippen molar-refractivity contribution in [2.75, 3.05) is 7.11 Å². The second-order valence-electron chi connectivity index (χ2n) is 6.73. The van der Waals surface area contributed by atoms with Crippen LogP contribution in [0.15, 0.2) is 48.1 Å². The van der Waals surface area contributed by atoms with E-state index in [-0.39, 0.29) is 11.1 Å². The number of amides is 1. The van der Waals surface area contributed by atoms with Crippen LogP contribution in [-0.4, -0.2) is 35.4 Å². The lowest BCUT2D eigenvalue weighted by Gasteiger charge is -2.34. The molecule has 0 heterocycles. The van der Waals surface area contributed by atoms with Gasteiger partial charge in [-0.2, -0.15) is 4.39 Å². The van der Waals surface area contributed by atoms with Gasteiger partial charge in [-0.25, -0.2) is 9.18 Å². The number of methoxy groups -OCH3 is 1. The van der Waals surface area contributed by atoms with E-state index >= 15 is 8.78 Å². The number of carbonyl (C=O) groups excluding carboxylic acids is 1. The highest BCUT2D eigenvalue weighted by molar-refractivity contribution is 5.76. The SMILES string of the molecule is COC1(F)C=C(CC(C)(C)OC(N)=O)C(F)([N+](=O)[O-])C=C1c1ccccc1. The van der Waals surface area contributed by atoms with Crippen LogP contribution in [0, 0.1) is 10.1 Å². The minimum absolute atomic E-state index is 0.230. The van der Waals surface area contributed by atoms with Crippen LogP contribution < -0.4 is 5.73 Å². The van der Waals surface area contributed by atoms with Gasteiger partial charge in [0.2, 0.25) is 0 Å². The summed E-state index contributed by atoms with van der Waals surface area (Å²) in [6.07, 6.45) is -0.312. The van der Waals surface area contributed by atoms with Gasteiger partial charge in [-0.15, -0.1) is 0 Å². The molecule has 1 aromatic rings. The number of hydrogen-bond donors (Lipinski definition) is 1. The molecule has 2 N–H and O–H groups in total. The first-order valence-electron chi connectivity index (χ1n) is 8.00. The van der Waals surface area contributed by atoms with E-state index in [1.807, 2.05) is 0 Å². The molecule has 7 nitrogen and oxygen atoms in total. The summed E-state index contributed by atoms with van der Waals surface area (Å²) >= 11 is 0. The van der Waals surface area contributed by atoms with Crippen LogP contribution >= 0.6 is 0 Å². The molecule has 2 unspecified atom stereocenters. The molecule has 0 fully saturated rings. The number of nitrogens with two attached hydrogens (primary N) is 1. The quantitative estimate of drug-likeness (QED) is 0.351. The number of alkyl halides is 2. The third-order valence-corrected chi connectivity index (χ3v) is 4.15. The maximum atomic E-state index is 15.5. The molecule has 0 saturated heterocycles. The molecule has 0 saturated carbocycles. The summed E-state index contributed by atoms with van der Waals surface area (Å²) in [5.41, 5.74) is 2.91. The Hall–Kier alpha value is -2.81. The first-order chi connectivity index (χ1) is 12.4. The Morgan fingerprint density at radius 2 is 1.85 bits per heavy atom. The van der Waals surface area contributed by atoms with Crippen molar-refractivity contribution in [1.29, 1.82) is 0 Å². The van der Waals surface area contributed by atoms with Crippen LogP contribution in [0.3, 0.4) is 0 Å². The minimum Gasteiger partial charge on any atom is -0.443 e. The van der Waals surface area contributed by atoms with Crippen LogP contribution in [0.5, 0.6) is 0 Å². The second kappa shape index (κ2) is 7.07. The van der Waals surface area contributed by atoms with Crippen molar-refractivity contribution < 1.29 is 28.0 Å². The predicted octanol–water partition coefficient (Wildman–Crippen LogP) is 3.53. The summed E-state index contributed by atoms with van der Waals surface area (Å²) in [7, 11) is 1.06. The maximum absolute atomic E-state index is 15.5. The smallest absolute Gasteiger partial charge is 0.405 e. The number of nitro groups is 1. The van der Waals surface area contributed by atoms with E-state index in [0.29, 0.717) is 12.2 Å². The van der Waals surface area contributed by atoms with Crippen LogP contribution in [0.2, 0.25) is 0 Å². The summed E-state index contributed by atoms with van der Waals surface area (Å²) in [4.78, 5) is 21.4. The van der Waals surface area contributed by atoms with E-state index in [4.69, 9.17) is 15.2 Å². The van der Waals surface area contributed by atoms with Gasteiger partial charge in [0.05, 0.1) is 10.5 Å². The normalized spacial score (nSPS) is 25.4. The maximum Gasteiger partial charge on any atom is 0.405 e. The van der Waals surface area contributed by atoms with Gasteiger partial charge in [-0.3, -0.25) is 10.1 Å².